The van der Waals surface area contributed by atoms with Gasteiger partial charge in [0.2, 0.25) is 0 Å². The molecular weight excluding hydrogens is 174 g/mol. The van der Waals surface area contributed by atoms with Crippen LogP contribution in [-0.2, 0) is 9.84 Å². The van der Waals surface area contributed by atoms with Crippen molar-refractivity contribution in [2.24, 2.45) is 0 Å². The second kappa shape index (κ2) is 4.23. The first-order valence-corrected chi connectivity index (χ1v) is 6.55. The molecule has 4 heteroatoms. The van der Waals surface area contributed by atoms with Crippen LogP contribution in [-0.4, -0.2) is 33.0 Å². The Kier molecular flexibility index (Phi) is 3.53. The molecule has 1 saturated heterocycles. The summed E-state index contributed by atoms with van der Waals surface area (Å²) in [6, 6.07) is 0.438. The molecule has 0 aromatic rings. The number of nitrogens with one attached hydrogen (secondary N) is 1. The molecule has 1 heterocycles. The molecule has 0 aromatic carbocycles. The summed E-state index contributed by atoms with van der Waals surface area (Å²) in [5.74, 6) is 0.324. The first-order chi connectivity index (χ1) is 5.58. The van der Waals surface area contributed by atoms with E-state index in [2.05, 4.69) is 5.32 Å². The maximum Gasteiger partial charge on any atom is 0.147 e. The third kappa shape index (κ3) is 4.07. The molecule has 1 aliphatic rings. The Balaban J connectivity index is 2.22. The molecule has 1 aliphatic heterocycles. The lowest BCUT2D eigenvalue weighted by atomic mass is 10.0. The van der Waals surface area contributed by atoms with Gasteiger partial charge >= 0.3 is 0 Å². The van der Waals surface area contributed by atoms with Crippen LogP contribution in [0.2, 0.25) is 0 Å². The predicted molar refractivity (Wildman–Crippen MR) is 50.0 cm³/mol. The van der Waals surface area contributed by atoms with Gasteiger partial charge in [-0.1, -0.05) is 6.42 Å². The van der Waals surface area contributed by atoms with Crippen LogP contribution in [0.5, 0.6) is 0 Å². The van der Waals surface area contributed by atoms with Crippen LogP contribution in [0.25, 0.3) is 0 Å². The smallest absolute Gasteiger partial charge is 0.147 e. The highest BCUT2D eigenvalue weighted by atomic mass is 32.2. The zero-order chi connectivity index (χ0) is 9.03. The van der Waals surface area contributed by atoms with Crippen molar-refractivity contribution in [2.75, 3.05) is 18.6 Å². The van der Waals surface area contributed by atoms with Crippen LogP contribution in [0.3, 0.4) is 0 Å². The summed E-state index contributed by atoms with van der Waals surface area (Å²) < 4.78 is 21.7. The molecule has 12 heavy (non-hydrogen) atoms. The van der Waals surface area contributed by atoms with Crippen molar-refractivity contribution in [3.05, 3.63) is 0 Å². The van der Waals surface area contributed by atoms with Gasteiger partial charge in [0.15, 0.2) is 0 Å². The van der Waals surface area contributed by atoms with Gasteiger partial charge in [0.05, 0.1) is 5.75 Å². The summed E-state index contributed by atoms with van der Waals surface area (Å²) in [6.07, 6.45) is 5.68. The van der Waals surface area contributed by atoms with Gasteiger partial charge in [0, 0.05) is 12.3 Å². The molecule has 1 N–H and O–H groups in total. The van der Waals surface area contributed by atoms with Crippen molar-refractivity contribution in [3.63, 3.8) is 0 Å². The van der Waals surface area contributed by atoms with Gasteiger partial charge in [0.25, 0.3) is 0 Å². The highest BCUT2D eigenvalue weighted by Crippen LogP contribution is 2.10. The summed E-state index contributed by atoms with van der Waals surface area (Å²) in [7, 11) is -2.76. The molecule has 1 rings (SSSR count). The minimum atomic E-state index is -2.76. The molecule has 0 bridgehead atoms. The minimum absolute atomic E-state index is 0.324. The first kappa shape index (κ1) is 9.99. The first-order valence-electron chi connectivity index (χ1n) is 4.49. The quantitative estimate of drug-likeness (QED) is 0.709. The number of sulfone groups is 1. The topological polar surface area (TPSA) is 46.2 Å². The Bertz CT molecular complexity index is 217. The van der Waals surface area contributed by atoms with Crippen molar-refractivity contribution < 1.29 is 8.42 Å². The van der Waals surface area contributed by atoms with E-state index in [4.69, 9.17) is 0 Å². The summed E-state index contributed by atoms with van der Waals surface area (Å²) >= 11 is 0. The molecule has 1 atom stereocenters. The van der Waals surface area contributed by atoms with Gasteiger partial charge in [-0.3, -0.25) is 0 Å². The van der Waals surface area contributed by atoms with E-state index in [9.17, 15) is 8.42 Å². The second-order valence-electron chi connectivity index (χ2n) is 3.57. The summed E-state index contributed by atoms with van der Waals surface area (Å²) in [4.78, 5) is 0. The van der Waals surface area contributed by atoms with Gasteiger partial charge in [0.1, 0.15) is 9.84 Å². The number of hydrogen-bond donors (Lipinski definition) is 1. The maximum atomic E-state index is 10.8. The SMILES string of the molecule is CS(=O)(=O)CC[C@@H]1CCCCN1. The van der Waals surface area contributed by atoms with E-state index in [1.165, 1.54) is 19.1 Å². The van der Waals surface area contributed by atoms with Crippen LogP contribution in [0, 0.1) is 0 Å². The Hall–Kier alpha value is -0.0900. The van der Waals surface area contributed by atoms with Crippen molar-refractivity contribution in [1.29, 1.82) is 0 Å². The molecule has 0 spiro atoms. The number of hydrogen-bond acceptors (Lipinski definition) is 3. The average Bonchev–Trinajstić information content (AvgIpc) is 2.02. The van der Waals surface area contributed by atoms with Crippen molar-refractivity contribution in [2.45, 2.75) is 31.7 Å². The maximum absolute atomic E-state index is 10.8. The lowest BCUT2D eigenvalue weighted by Gasteiger charge is -2.22. The van der Waals surface area contributed by atoms with E-state index < -0.39 is 9.84 Å². The summed E-state index contributed by atoms with van der Waals surface area (Å²) in [5, 5.41) is 3.33. The second-order valence-corrected chi connectivity index (χ2v) is 5.83. The highest BCUT2D eigenvalue weighted by Gasteiger charge is 2.14. The monoisotopic (exact) mass is 191 g/mol. The fourth-order valence-corrected chi connectivity index (χ4v) is 2.24. The summed E-state index contributed by atoms with van der Waals surface area (Å²) in [5.41, 5.74) is 0. The number of rotatable bonds is 3. The van der Waals surface area contributed by atoms with Gasteiger partial charge < -0.3 is 5.32 Å². The molecule has 0 aliphatic carbocycles. The van der Waals surface area contributed by atoms with Crippen LogP contribution in [0.4, 0.5) is 0 Å². The molecule has 0 amide bonds. The standard InChI is InChI=1S/C8H17NO2S/c1-12(10,11)7-5-8-4-2-3-6-9-8/h8-9H,2-7H2,1H3/t8-/m0/s1. The predicted octanol–water partition coefficient (Wildman–Crippen LogP) is 0.563. The normalized spacial score (nSPS) is 25.6. The largest absolute Gasteiger partial charge is 0.314 e. The van der Waals surface area contributed by atoms with E-state index in [1.54, 1.807) is 0 Å². The van der Waals surface area contributed by atoms with E-state index in [-0.39, 0.29) is 0 Å². The molecule has 0 unspecified atom stereocenters. The van der Waals surface area contributed by atoms with Gasteiger partial charge in [-0.05, 0) is 25.8 Å². The van der Waals surface area contributed by atoms with E-state index in [1.807, 2.05) is 0 Å². The fourth-order valence-electron chi connectivity index (χ4n) is 1.53. The summed E-state index contributed by atoms with van der Waals surface area (Å²) in [6.45, 7) is 1.05. The Morgan fingerprint density at radius 1 is 1.42 bits per heavy atom. The zero-order valence-electron chi connectivity index (χ0n) is 7.54. The molecule has 0 aromatic heterocycles. The lowest BCUT2D eigenvalue weighted by Crippen LogP contribution is -2.35. The third-order valence-corrected chi connectivity index (χ3v) is 3.23. The molecule has 0 radical (unpaired) electrons. The molecule has 72 valence electrons. The average molecular weight is 191 g/mol. The molecule has 3 nitrogen and oxygen atoms in total. The Morgan fingerprint density at radius 2 is 2.17 bits per heavy atom. The van der Waals surface area contributed by atoms with Crippen molar-refractivity contribution >= 4 is 9.84 Å². The zero-order valence-corrected chi connectivity index (χ0v) is 8.36. The highest BCUT2D eigenvalue weighted by molar-refractivity contribution is 7.90. The fraction of sp³-hybridized carbons (Fsp3) is 1.00. The van der Waals surface area contributed by atoms with Gasteiger partial charge in [-0.2, -0.15) is 0 Å². The Labute approximate surface area is 74.5 Å². The van der Waals surface area contributed by atoms with Crippen LogP contribution < -0.4 is 5.32 Å². The van der Waals surface area contributed by atoms with Crippen molar-refractivity contribution in [1.82, 2.24) is 5.32 Å². The minimum Gasteiger partial charge on any atom is -0.314 e. The molecule has 0 saturated carbocycles. The van der Waals surface area contributed by atoms with Gasteiger partial charge in [-0.15, -0.1) is 0 Å². The van der Waals surface area contributed by atoms with E-state index >= 15 is 0 Å². The van der Waals surface area contributed by atoms with Crippen LogP contribution in [0.15, 0.2) is 0 Å². The third-order valence-electron chi connectivity index (χ3n) is 2.25. The van der Waals surface area contributed by atoms with Crippen LogP contribution in [0.1, 0.15) is 25.7 Å². The van der Waals surface area contributed by atoms with Gasteiger partial charge in [-0.25, -0.2) is 8.42 Å². The van der Waals surface area contributed by atoms with Crippen LogP contribution >= 0.6 is 0 Å². The van der Waals surface area contributed by atoms with E-state index in [0.29, 0.717) is 11.8 Å². The molecule has 1 fully saturated rings. The Morgan fingerprint density at radius 3 is 2.67 bits per heavy atom. The molecular formula is C8H17NO2S. The lowest BCUT2D eigenvalue weighted by molar-refractivity contribution is 0.393. The van der Waals surface area contributed by atoms with Crippen molar-refractivity contribution in [3.8, 4) is 0 Å². The number of piperidine rings is 1. The van der Waals surface area contributed by atoms with E-state index in [0.717, 1.165) is 19.4 Å².